The molecule has 0 fully saturated rings. The fraction of sp³-hybridized carbons (Fsp3) is 1.00. The first-order valence-corrected chi connectivity index (χ1v) is 3.28. The molecule has 0 bridgehead atoms. The van der Waals surface area contributed by atoms with Gasteiger partial charge in [-0.2, -0.15) is 0 Å². The molecule has 0 aliphatic heterocycles. The molecule has 10 heavy (non-hydrogen) atoms. The number of nitrogens with zero attached hydrogens (tertiary/aromatic N) is 1. The van der Waals surface area contributed by atoms with Gasteiger partial charge in [-0.25, -0.2) is 4.90 Å². The molecule has 0 heterocycles. The molecule has 0 aliphatic carbocycles. The normalized spacial score (nSPS) is 20.7. The number of rotatable bonds is 3. The third-order valence-corrected chi connectivity index (χ3v) is 1.29. The zero-order chi connectivity index (χ0) is 8.31. The van der Waals surface area contributed by atoms with Crippen molar-refractivity contribution in [1.29, 1.82) is 0 Å². The van der Waals surface area contributed by atoms with E-state index < -0.39 is 18.7 Å². The topological polar surface area (TPSA) is 63.9 Å². The van der Waals surface area contributed by atoms with E-state index in [9.17, 15) is 0 Å². The van der Waals surface area contributed by atoms with Crippen LogP contribution in [0.2, 0.25) is 0 Å². The van der Waals surface area contributed by atoms with E-state index in [0.717, 1.165) is 0 Å². The first-order chi connectivity index (χ1) is 4.46. The van der Waals surface area contributed by atoms with Crippen LogP contribution in [0.5, 0.6) is 0 Å². The molecule has 0 aliphatic rings. The summed E-state index contributed by atoms with van der Waals surface area (Å²) in [6.07, 6.45) is -2.50. The van der Waals surface area contributed by atoms with Crippen molar-refractivity contribution in [3.05, 3.63) is 0 Å². The van der Waals surface area contributed by atoms with E-state index in [2.05, 4.69) is 0 Å². The SMILES string of the molecule is C[C@H](O)N([C@@H](C)O)[C@@H](C)O. The highest BCUT2D eigenvalue weighted by atomic mass is 16.4. The molecule has 0 aromatic rings. The van der Waals surface area contributed by atoms with E-state index in [0.29, 0.717) is 0 Å². The van der Waals surface area contributed by atoms with Crippen LogP contribution in [0.3, 0.4) is 0 Å². The second-order valence-electron chi connectivity index (χ2n) is 2.34. The van der Waals surface area contributed by atoms with E-state index >= 15 is 0 Å². The van der Waals surface area contributed by atoms with Crippen LogP contribution in [0.1, 0.15) is 20.8 Å². The molecular formula is C6H15NO3. The molecule has 62 valence electrons. The Morgan fingerprint density at radius 1 is 0.800 bits per heavy atom. The lowest BCUT2D eigenvalue weighted by molar-refractivity contribution is -0.159. The standard InChI is InChI=1S/C6H15NO3/c1-4(8)7(5(2)9)6(3)10/h4-6,8-10H,1-3H3/t4-,5-,6+/m1/s1. The lowest BCUT2D eigenvalue weighted by atomic mass is 10.4. The lowest BCUT2D eigenvalue weighted by Crippen LogP contribution is -2.45. The molecule has 0 saturated carbocycles. The van der Waals surface area contributed by atoms with E-state index in [1.807, 2.05) is 0 Å². The zero-order valence-electron chi connectivity index (χ0n) is 6.52. The van der Waals surface area contributed by atoms with E-state index in [-0.39, 0.29) is 0 Å². The Kier molecular flexibility index (Phi) is 3.81. The van der Waals surface area contributed by atoms with Crippen LogP contribution in [-0.4, -0.2) is 38.9 Å². The molecule has 0 radical (unpaired) electrons. The zero-order valence-corrected chi connectivity index (χ0v) is 6.52. The first kappa shape index (κ1) is 9.84. The summed E-state index contributed by atoms with van der Waals surface area (Å²) in [6, 6.07) is 0. The molecule has 0 unspecified atom stereocenters. The molecule has 0 aromatic carbocycles. The average Bonchev–Trinajstić information content (AvgIpc) is 1.59. The molecule has 0 saturated heterocycles. The quantitative estimate of drug-likeness (QED) is 0.464. The number of aliphatic hydroxyl groups is 3. The number of hydrogen-bond acceptors (Lipinski definition) is 4. The fourth-order valence-corrected chi connectivity index (χ4v) is 0.937. The van der Waals surface area contributed by atoms with Gasteiger partial charge in [-0.05, 0) is 20.8 Å². The molecule has 0 amide bonds. The predicted octanol–water partition coefficient (Wildman–Crippen LogP) is -0.697. The van der Waals surface area contributed by atoms with Crippen molar-refractivity contribution in [3.63, 3.8) is 0 Å². The van der Waals surface area contributed by atoms with Crippen molar-refractivity contribution in [2.45, 2.75) is 39.5 Å². The van der Waals surface area contributed by atoms with Gasteiger partial charge in [-0.1, -0.05) is 0 Å². The van der Waals surface area contributed by atoms with Gasteiger partial charge in [0.25, 0.3) is 0 Å². The Balaban J connectivity index is 3.98. The van der Waals surface area contributed by atoms with Crippen LogP contribution in [0.25, 0.3) is 0 Å². The largest absolute Gasteiger partial charge is 0.379 e. The second-order valence-corrected chi connectivity index (χ2v) is 2.34. The highest BCUT2D eigenvalue weighted by molar-refractivity contribution is 4.58. The van der Waals surface area contributed by atoms with Crippen LogP contribution in [-0.2, 0) is 0 Å². The fourth-order valence-electron chi connectivity index (χ4n) is 0.937. The van der Waals surface area contributed by atoms with Crippen LogP contribution in [0.15, 0.2) is 0 Å². The first-order valence-electron chi connectivity index (χ1n) is 3.28. The van der Waals surface area contributed by atoms with Gasteiger partial charge in [0.15, 0.2) is 0 Å². The third kappa shape index (κ3) is 2.62. The summed E-state index contributed by atoms with van der Waals surface area (Å²) < 4.78 is 0. The van der Waals surface area contributed by atoms with Gasteiger partial charge in [0.1, 0.15) is 18.7 Å². The van der Waals surface area contributed by atoms with Crippen LogP contribution < -0.4 is 0 Å². The Hall–Kier alpha value is -0.160. The Morgan fingerprint density at radius 3 is 1.00 bits per heavy atom. The van der Waals surface area contributed by atoms with E-state index in [1.54, 1.807) is 0 Å². The van der Waals surface area contributed by atoms with Gasteiger partial charge in [0.05, 0.1) is 0 Å². The van der Waals surface area contributed by atoms with Crippen LogP contribution in [0, 0.1) is 0 Å². The van der Waals surface area contributed by atoms with Gasteiger partial charge in [-0.15, -0.1) is 0 Å². The van der Waals surface area contributed by atoms with Crippen molar-refractivity contribution in [1.82, 2.24) is 4.90 Å². The number of aliphatic hydroxyl groups excluding tert-OH is 3. The van der Waals surface area contributed by atoms with Crippen LogP contribution in [0.4, 0.5) is 0 Å². The molecule has 0 aromatic heterocycles. The molecule has 4 heteroatoms. The van der Waals surface area contributed by atoms with Crippen molar-refractivity contribution in [3.8, 4) is 0 Å². The summed E-state index contributed by atoms with van der Waals surface area (Å²) in [6.45, 7) is 4.46. The predicted molar refractivity (Wildman–Crippen MR) is 36.9 cm³/mol. The van der Waals surface area contributed by atoms with Gasteiger partial charge < -0.3 is 15.3 Å². The van der Waals surface area contributed by atoms with Crippen molar-refractivity contribution < 1.29 is 15.3 Å². The van der Waals surface area contributed by atoms with Crippen molar-refractivity contribution in [2.24, 2.45) is 0 Å². The van der Waals surface area contributed by atoms with Gasteiger partial charge in [0, 0.05) is 0 Å². The van der Waals surface area contributed by atoms with Crippen molar-refractivity contribution in [2.75, 3.05) is 0 Å². The third-order valence-electron chi connectivity index (χ3n) is 1.29. The monoisotopic (exact) mass is 149 g/mol. The minimum absolute atomic E-state index is 0.833. The molecule has 3 atom stereocenters. The van der Waals surface area contributed by atoms with Gasteiger partial charge >= 0.3 is 0 Å². The minimum atomic E-state index is -0.833. The summed E-state index contributed by atoms with van der Waals surface area (Å²) in [5.74, 6) is 0. The summed E-state index contributed by atoms with van der Waals surface area (Å²) >= 11 is 0. The summed E-state index contributed by atoms with van der Waals surface area (Å²) in [5.41, 5.74) is 0. The molecule has 0 rings (SSSR count). The smallest absolute Gasteiger partial charge is 0.108 e. The highest BCUT2D eigenvalue weighted by Gasteiger charge is 2.19. The molecule has 3 N–H and O–H groups in total. The Labute approximate surface area is 60.7 Å². The number of hydrogen-bond donors (Lipinski definition) is 3. The summed E-state index contributed by atoms with van der Waals surface area (Å²) in [7, 11) is 0. The van der Waals surface area contributed by atoms with Crippen molar-refractivity contribution >= 4 is 0 Å². The van der Waals surface area contributed by atoms with Gasteiger partial charge in [-0.3, -0.25) is 0 Å². The van der Waals surface area contributed by atoms with Gasteiger partial charge in [0.2, 0.25) is 0 Å². The molecule has 0 spiro atoms. The van der Waals surface area contributed by atoms with E-state index in [4.69, 9.17) is 15.3 Å². The maximum Gasteiger partial charge on any atom is 0.108 e. The highest BCUT2D eigenvalue weighted by Crippen LogP contribution is 2.04. The van der Waals surface area contributed by atoms with E-state index in [1.165, 1.54) is 25.7 Å². The average molecular weight is 149 g/mol. The summed E-state index contributed by atoms with van der Waals surface area (Å²) in [4.78, 5) is 1.17. The lowest BCUT2D eigenvalue weighted by Gasteiger charge is -2.30. The Bertz CT molecular complexity index is 74.0. The minimum Gasteiger partial charge on any atom is -0.379 e. The maximum absolute atomic E-state index is 8.96. The Morgan fingerprint density at radius 2 is 1.00 bits per heavy atom. The maximum atomic E-state index is 8.96. The molecular weight excluding hydrogens is 134 g/mol. The summed E-state index contributed by atoms with van der Waals surface area (Å²) in [5, 5.41) is 26.9. The molecule has 4 nitrogen and oxygen atoms in total. The van der Waals surface area contributed by atoms with Crippen LogP contribution >= 0.6 is 0 Å². The second kappa shape index (κ2) is 3.88.